The van der Waals surface area contributed by atoms with Crippen LogP contribution in [-0.4, -0.2) is 16.3 Å². The van der Waals surface area contributed by atoms with Gasteiger partial charge in [0, 0.05) is 12.5 Å². The predicted octanol–water partition coefficient (Wildman–Crippen LogP) is 2.70. The molecule has 1 unspecified atom stereocenters. The molecule has 0 saturated carbocycles. The summed E-state index contributed by atoms with van der Waals surface area (Å²) in [5.74, 6) is 0.0905. The van der Waals surface area contributed by atoms with Crippen LogP contribution < -0.4 is 5.73 Å². The van der Waals surface area contributed by atoms with Crippen molar-refractivity contribution in [2.45, 2.75) is 32.1 Å². The Hall–Kier alpha value is -1.68. The quantitative estimate of drug-likeness (QED) is 0.901. The molecular formula is C15H18FN3. The highest BCUT2D eigenvalue weighted by Gasteiger charge is 2.26. The molecule has 1 aliphatic carbocycles. The molecule has 1 aromatic carbocycles. The number of halogens is 1. The fourth-order valence-electron chi connectivity index (χ4n) is 3.00. The Balaban J connectivity index is 2.17. The smallest absolute Gasteiger partial charge is 0.125 e. The van der Waals surface area contributed by atoms with E-state index in [0.29, 0.717) is 12.5 Å². The molecule has 1 aliphatic rings. The summed E-state index contributed by atoms with van der Waals surface area (Å²) in [5.41, 5.74) is 10.2. The van der Waals surface area contributed by atoms with Gasteiger partial charge in [-0.2, -0.15) is 5.10 Å². The number of fused-ring (bicyclic) bond motifs is 1. The zero-order chi connectivity index (χ0) is 13.4. The fraction of sp³-hybridized carbons (Fsp3) is 0.400. The van der Waals surface area contributed by atoms with Crippen molar-refractivity contribution >= 4 is 0 Å². The van der Waals surface area contributed by atoms with E-state index in [1.165, 1.54) is 23.4 Å². The number of hydrogen-bond acceptors (Lipinski definition) is 2. The number of aryl methyl sites for hydroxylation is 1. The van der Waals surface area contributed by atoms with Gasteiger partial charge in [-0.3, -0.25) is 0 Å². The van der Waals surface area contributed by atoms with Gasteiger partial charge >= 0.3 is 0 Å². The molecule has 0 spiro atoms. The van der Waals surface area contributed by atoms with Crippen molar-refractivity contribution in [1.82, 2.24) is 9.78 Å². The summed E-state index contributed by atoms with van der Waals surface area (Å²) < 4.78 is 15.3. The normalized spacial score (nSPS) is 18.4. The van der Waals surface area contributed by atoms with E-state index < -0.39 is 0 Å². The van der Waals surface area contributed by atoms with Crippen LogP contribution in [0.3, 0.4) is 0 Å². The van der Waals surface area contributed by atoms with E-state index in [4.69, 9.17) is 5.73 Å². The third-order valence-electron chi connectivity index (χ3n) is 3.93. The second-order valence-electron chi connectivity index (χ2n) is 5.17. The summed E-state index contributed by atoms with van der Waals surface area (Å²) in [7, 11) is 0. The maximum absolute atomic E-state index is 13.4. The first kappa shape index (κ1) is 12.4. The zero-order valence-corrected chi connectivity index (χ0v) is 11.1. The fourth-order valence-corrected chi connectivity index (χ4v) is 3.00. The van der Waals surface area contributed by atoms with Gasteiger partial charge in [0.2, 0.25) is 0 Å². The van der Waals surface area contributed by atoms with Crippen LogP contribution in [0.2, 0.25) is 0 Å². The Morgan fingerprint density at radius 2 is 2.32 bits per heavy atom. The Morgan fingerprint density at radius 3 is 3.05 bits per heavy atom. The van der Waals surface area contributed by atoms with Gasteiger partial charge in [0.05, 0.1) is 17.1 Å². The molecule has 1 aromatic heterocycles. The third kappa shape index (κ3) is 2.06. The van der Waals surface area contributed by atoms with Crippen LogP contribution >= 0.6 is 0 Å². The summed E-state index contributed by atoms with van der Waals surface area (Å²) in [4.78, 5) is 0. The molecule has 0 saturated heterocycles. The lowest BCUT2D eigenvalue weighted by atomic mass is 9.86. The van der Waals surface area contributed by atoms with Crippen molar-refractivity contribution in [3.63, 3.8) is 0 Å². The van der Waals surface area contributed by atoms with Gasteiger partial charge in [-0.05, 0) is 49.9 Å². The Labute approximate surface area is 112 Å². The average molecular weight is 259 g/mol. The molecule has 4 heteroatoms. The van der Waals surface area contributed by atoms with Gasteiger partial charge in [-0.25, -0.2) is 9.07 Å². The van der Waals surface area contributed by atoms with Crippen molar-refractivity contribution in [3.8, 4) is 5.69 Å². The second kappa shape index (κ2) is 4.78. The Kier molecular flexibility index (Phi) is 3.11. The number of aromatic nitrogens is 2. The molecule has 0 aliphatic heterocycles. The van der Waals surface area contributed by atoms with Crippen LogP contribution in [0.15, 0.2) is 24.3 Å². The molecule has 3 rings (SSSR count). The number of hydrogen-bond donors (Lipinski definition) is 1. The van der Waals surface area contributed by atoms with Gasteiger partial charge in [-0.15, -0.1) is 0 Å². The second-order valence-corrected chi connectivity index (χ2v) is 5.17. The van der Waals surface area contributed by atoms with E-state index in [1.54, 1.807) is 6.07 Å². The van der Waals surface area contributed by atoms with Crippen LogP contribution in [-0.2, 0) is 6.42 Å². The maximum Gasteiger partial charge on any atom is 0.125 e. The van der Waals surface area contributed by atoms with E-state index in [2.05, 4.69) is 5.10 Å². The van der Waals surface area contributed by atoms with Gasteiger partial charge in [-0.1, -0.05) is 6.07 Å². The van der Waals surface area contributed by atoms with Crippen LogP contribution in [0, 0.1) is 12.7 Å². The molecule has 1 heterocycles. The summed E-state index contributed by atoms with van der Waals surface area (Å²) in [6.07, 6.45) is 3.29. The average Bonchev–Trinajstić information content (AvgIpc) is 2.76. The molecule has 2 aromatic rings. The lowest BCUT2D eigenvalue weighted by Crippen LogP contribution is -2.21. The minimum atomic E-state index is -0.237. The molecule has 1 atom stereocenters. The first-order valence-electron chi connectivity index (χ1n) is 6.75. The standard InChI is InChI=1S/C15H18FN3/c1-10-14-7-2-4-11(9-17)15(14)19(18-10)13-6-3-5-12(16)8-13/h3,5-6,8,11H,2,4,7,9,17H2,1H3. The highest BCUT2D eigenvalue weighted by molar-refractivity contribution is 5.40. The van der Waals surface area contributed by atoms with E-state index in [-0.39, 0.29) is 5.82 Å². The third-order valence-corrected chi connectivity index (χ3v) is 3.93. The minimum Gasteiger partial charge on any atom is -0.330 e. The number of nitrogens with zero attached hydrogens (tertiary/aromatic N) is 2. The van der Waals surface area contributed by atoms with E-state index in [9.17, 15) is 4.39 Å². The SMILES string of the molecule is Cc1nn(-c2cccc(F)c2)c2c1CCCC2CN. The Bertz CT molecular complexity index is 603. The van der Waals surface area contributed by atoms with Crippen molar-refractivity contribution < 1.29 is 4.39 Å². The largest absolute Gasteiger partial charge is 0.330 e. The van der Waals surface area contributed by atoms with Crippen molar-refractivity contribution in [3.05, 3.63) is 47.0 Å². The van der Waals surface area contributed by atoms with Crippen LogP contribution in [0.25, 0.3) is 5.69 Å². The van der Waals surface area contributed by atoms with Crippen LogP contribution in [0.1, 0.15) is 35.7 Å². The van der Waals surface area contributed by atoms with E-state index in [0.717, 1.165) is 30.6 Å². The molecule has 3 nitrogen and oxygen atoms in total. The van der Waals surface area contributed by atoms with Gasteiger partial charge in [0.1, 0.15) is 5.82 Å². The van der Waals surface area contributed by atoms with Gasteiger partial charge in [0.15, 0.2) is 0 Å². The first-order chi connectivity index (χ1) is 9.20. The monoisotopic (exact) mass is 259 g/mol. The highest BCUT2D eigenvalue weighted by Crippen LogP contribution is 2.34. The summed E-state index contributed by atoms with van der Waals surface area (Å²) in [6.45, 7) is 2.64. The molecule has 0 bridgehead atoms. The zero-order valence-electron chi connectivity index (χ0n) is 11.1. The molecule has 100 valence electrons. The van der Waals surface area contributed by atoms with Gasteiger partial charge < -0.3 is 5.73 Å². The molecule has 0 radical (unpaired) electrons. The van der Waals surface area contributed by atoms with E-state index >= 15 is 0 Å². The van der Waals surface area contributed by atoms with E-state index in [1.807, 2.05) is 17.7 Å². The Morgan fingerprint density at radius 1 is 1.47 bits per heavy atom. The number of rotatable bonds is 2. The van der Waals surface area contributed by atoms with Crippen molar-refractivity contribution in [2.75, 3.05) is 6.54 Å². The maximum atomic E-state index is 13.4. The number of benzene rings is 1. The van der Waals surface area contributed by atoms with Crippen LogP contribution in [0.4, 0.5) is 4.39 Å². The summed E-state index contributed by atoms with van der Waals surface area (Å²) >= 11 is 0. The minimum absolute atomic E-state index is 0.237. The summed E-state index contributed by atoms with van der Waals surface area (Å²) in [6, 6.07) is 6.58. The lowest BCUT2D eigenvalue weighted by Gasteiger charge is -2.23. The lowest BCUT2D eigenvalue weighted by molar-refractivity contribution is 0.533. The molecule has 2 N–H and O–H groups in total. The molecule has 0 amide bonds. The van der Waals surface area contributed by atoms with Crippen molar-refractivity contribution in [1.29, 1.82) is 0 Å². The van der Waals surface area contributed by atoms with Gasteiger partial charge in [0.25, 0.3) is 0 Å². The molecular weight excluding hydrogens is 241 g/mol. The van der Waals surface area contributed by atoms with Crippen molar-refractivity contribution in [2.24, 2.45) is 5.73 Å². The highest BCUT2D eigenvalue weighted by atomic mass is 19.1. The number of nitrogens with two attached hydrogens (primary N) is 1. The summed E-state index contributed by atoms with van der Waals surface area (Å²) in [5, 5.41) is 4.60. The predicted molar refractivity (Wildman–Crippen MR) is 73.0 cm³/mol. The first-order valence-corrected chi connectivity index (χ1v) is 6.75. The topological polar surface area (TPSA) is 43.8 Å². The molecule has 19 heavy (non-hydrogen) atoms. The van der Waals surface area contributed by atoms with Crippen LogP contribution in [0.5, 0.6) is 0 Å². The molecule has 0 fully saturated rings.